The maximum Gasteiger partial charge on any atom is 0.438 e. The molecule has 2 heterocycles. The van der Waals surface area contributed by atoms with Crippen LogP contribution in [-0.2, 0) is 6.42 Å². The van der Waals surface area contributed by atoms with Crippen molar-refractivity contribution in [3.63, 3.8) is 0 Å². The van der Waals surface area contributed by atoms with Crippen molar-refractivity contribution in [1.82, 2.24) is 15.0 Å². The van der Waals surface area contributed by atoms with E-state index in [0.717, 1.165) is 31.5 Å². The average molecular weight is 287 g/mol. The SMILES string of the molecule is O=C(c1cccc(Cc2noc(=O)[nH]2)c1)N1CCCCC1. The summed E-state index contributed by atoms with van der Waals surface area (Å²) in [4.78, 5) is 27.8. The Labute approximate surface area is 121 Å². The quantitative estimate of drug-likeness (QED) is 0.929. The average Bonchev–Trinajstić information content (AvgIpc) is 2.93. The van der Waals surface area contributed by atoms with Crippen LogP contribution < -0.4 is 5.76 Å². The summed E-state index contributed by atoms with van der Waals surface area (Å²) in [5.74, 6) is -0.0293. The van der Waals surface area contributed by atoms with Crippen LogP contribution in [0.25, 0.3) is 0 Å². The van der Waals surface area contributed by atoms with Gasteiger partial charge < -0.3 is 4.90 Å². The molecule has 6 nitrogen and oxygen atoms in total. The number of nitrogens with zero attached hydrogens (tertiary/aromatic N) is 2. The number of nitrogens with one attached hydrogen (secondary N) is 1. The first-order valence-corrected chi connectivity index (χ1v) is 7.15. The van der Waals surface area contributed by atoms with Crippen molar-refractivity contribution < 1.29 is 9.32 Å². The second-order valence-corrected chi connectivity index (χ2v) is 5.27. The van der Waals surface area contributed by atoms with Gasteiger partial charge in [0.15, 0.2) is 5.82 Å². The van der Waals surface area contributed by atoms with Crippen molar-refractivity contribution in [3.05, 3.63) is 51.8 Å². The van der Waals surface area contributed by atoms with Gasteiger partial charge in [-0.1, -0.05) is 17.3 Å². The van der Waals surface area contributed by atoms with Crippen LogP contribution in [0, 0.1) is 0 Å². The number of aromatic amines is 1. The van der Waals surface area contributed by atoms with Crippen molar-refractivity contribution in [2.45, 2.75) is 25.7 Å². The number of likely N-dealkylation sites (tertiary alicyclic amines) is 1. The van der Waals surface area contributed by atoms with E-state index in [1.165, 1.54) is 6.42 Å². The van der Waals surface area contributed by atoms with Crippen molar-refractivity contribution in [2.24, 2.45) is 0 Å². The minimum atomic E-state index is -0.564. The highest BCUT2D eigenvalue weighted by Gasteiger charge is 2.18. The van der Waals surface area contributed by atoms with Crippen molar-refractivity contribution in [1.29, 1.82) is 0 Å². The molecule has 0 unspecified atom stereocenters. The van der Waals surface area contributed by atoms with Crippen LogP contribution in [0.2, 0.25) is 0 Å². The lowest BCUT2D eigenvalue weighted by molar-refractivity contribution is 0.0724. The lowest BCUT2D eigenvalue weighted by Crippen LogP contribution is -2.35. The molecule has 1 aromatic carbocycles. The predicted octanol–water partition coefficient (Wildman–Crippen LogP) is 1.58. The smallest absolute Gasteiger partial charge is 0.339 e. The van der Waals surface area contributed by atoms with Gasteiger partial charge in [-0.2, -0.15) is 0 Å². The standard InChI is InChI=1S/C15H17N3O3/c19-14(18-7-2-1-3-8-18)12-6-4-5-11(9-12)10-13-16-15(20)21-17-13/h4-6,9H,1-3,7-8,10H2,(H,16,17,20). The summed E-state index contributed by atoms with van der Waals surface area (Å²) in [6, 6.07) is 7.43. The predicted molar refractivity (Wildman–Crippen MR) is 76.1 cm³/mol. The molecule has 3 rings (SSSR count). The third-order valence-electron chi connectivity index (χ3n) is 3.67. The third kappa shape index (κ3) is 3.21. The molecular formula is C15H17N3O3. The fourth-order valence-electron chi connectivity index (χ4n) is 2.62. The summed E-state index contributed by atoms with van der Waals surface area (Å²) in [5.41, 5.74) is 1.60. The summed E-state index contributed by atoms with van der Waals surface area (Å²) in [7, 11) is 0. The molecule has 1 aliphatic heterocycles. The Kier molecular flexibility index (Phi) is 3.85. The summed E-state index contributed by atoms with van der Waals surface area (Å²) < 4.78 is 4.47. The zero-order valence-corrected chi connectivity index (χ0v) is 11.7. The van der Waals surface area contributed by atoms with Gasteiger partial charge in [0.25, 0.3) is 5.91 Å². The molecule has 1 N–H and O–H groups in total. The molecule has 21 heavy (non-hydrogen) atoms. The highest BCUT2D eigenvalue weighted by Crippen LogP contribution is 2.15. The molecule has 110 valence electrons. The molecule has 1 fully saturated rings. The van der Waals surface area contributed by atoms with Gasteiger partial charge in [0.1, 0.15) is 0 Å². The Balaban J connectivity index is 1.76. The van der Waals surface area contributed by atoms with E-state index in [2.05, 4.69) is 14.7 Å². The minimum Gasteiger partial charge on any atom is -0.339 e. The van der Waals surface area contributed by atoms with E-state index in [9.17, 15) is 9.59 Å². The van der Waals surface area contributed by atoms with Gasteiger partial charge >= 0.3 is 5.76 Å². The van der Waals surface area contributed by atoms with E-state index in [0.29, 0.717) is 17.8 Å². The van der Waals surface area contributed by atoms with Gasteiger partial charge in [-0.05, 0) is 37.0 Å². The van der Waals surface area contributed by atoms with Crippen molar-refractivity contribution >= 4 is 5.91 Å². The number of benzene rings is 1. The molecular weight excluding hydrogens is 270 g/mol. The fraction of sp³-hybridized carbons (Fsp3) is 0.400. The molecule has 0 aliphatic carbocycles. The van der Waals surface area contributed by atoms with E-state index in [-0.39, 0.29) is 5.91 Å². The summed E-state index contributed by atoms with van der Waals surface area (Å²) >= 11 is 0. The molecule has 2 aromatic rings. The molecule has 0 radical (unpaired) electrons. The topological polar surface area (TPSA) is 79.2 Å². The number of carbonyl (C=O) groups is 1. The Hall–Kier alpha value is -2.37. The summed E-state index contributed by atoms with van der Waals surface area (Å²) in [5, 5.41) is 3.64. The third-order valence-corrected chi connectivity index (χ3v) is 3.67. The first kappa shape index (κ1) is 13.6. The van der Waals surface area contributed by atoms with Crippen LogP contribution in [0.15, 0.2) is 33.6 Å². The molecule has 0 saturated carbocycles. The highest BCUT2D eigenvalue weighted by molar-refractivity contribution is 5.94. The highest BCUT2D eigenvalue weighted by atomic mass is 16.5. The fourth-order valence-corrected chi connectivity index (χ4v) is 2.62. The normalized spacial score (nSPS) is 15.1. The van der Waals surface area contributed by atoms with Crippen LogP contribution in [0.5, 0.6) is 0 Å². The van der Waals surface area contributed by atoms with Crippen LogP contribution in [0.4, 0.5) is 0 Å². The summed E-state index contributed by atoms with van der Waals surface area (Å²) in [6.07, 6.45) is 3.79. The molecule has 1 saturated heterocycles. The second-order valence-electron chi connectivity index (χ2n) is 5.27. The molecule has 1 amide bonds. The number of piperidine rings is 1. The lowest BCUT2D eigenvalue weighted by Gasteiger charge is -2.26. The van der Waals surface area contributed by atoms with E-state index in [4.69, 9.17) is 0 Å². The maximum absolute atomic E-state index is 12.4. The van der Waals surface area contributed by atoms with E-state index in [1.807, 2.05) is 29.2 Å². The number of amides is 1. The number of rotatable bonds is 3. The second kappa shape index (κ2) is 5.95. The van der Waals surface area contributed by atoms with Crippen molar-refractivity contribution in [2.75, 3.05) is 13.1 Å². The van der Waals surface area contributed by atoms with E-state index >= 15 is 0 Å². The molecule has 6 heteroatoms. The van der Waals surface area contributed by atoms with Gasteiger partial charge in [-0.3, -0.25) is 14.3 Å². The number of aromatic nitrogens is 2. The number of H-pyrrole nitrogens is 1. The molecule has 1 aromatic heterocycles. The van der Waals surface area contributed by atoms with E-state index in [1.54, 1.807) is 0 Å². The Bertz CT molecular complexity index is 683. The van der Waals surface area contributed by atoms with Crippen LogP contribution >= 0.6 is 0 Å². The first-order chi connectivity index (χ1) is 10.2. The lowest BCUT2D eigenvalue weighted by atomic mass is 10.1. The maximum atomic E-state index is 12.4. The largest absolute Gasteiger partial charge is 0.438 e. The van der Waals surface area contributed by atoms with Crippen LogP contribution in [-0.4, -0.2) is 34.0 Å². The first-order valence-electron chi connectivity index (χ1n) is 7.15. The molecule has 0 spiro atoms. The molecule has 1 aliphatic rings. The van der Waals surface area contributed by atoms with Crippen LogP contribution in [0.3, 0.4) is 0 Å². The van der Waals surface area contributed by atoms with Crippen LogP contribution in [0.1, 0.15) is 41.0 Å². The zero-order chi connectivity index (χ0) is 14.7. The molecule has 0 atom stereocenters. The van der Waals surface area contributed by atoms with Gasteiger partial charge in [-0.25, -0.2) is 4.79 Å². The van der Waals surface area contributed by atoms with Gasteiger partial charge in [-0.15, -0.1) is 0 Å². The van der Waals surface area contributed by atoms with Gasteiger partial charge in [0.05, 0.1) is 0 Å². The van der Waals surface area contributed by atoms with Crippen molar-refractivity contribution in [3.8, 4) is 0 Å². The monoisotopic (exact) mass is 287 g/mol. The number of carbonyl (C=O) groups excluding carboxylic acids is 1. The molecule has 0 bridgehead atoms. The zero-order valence-electron chi connectivity index (χ0n) is 11.7. The van der Waals surface area contributed by atoms with Gasteiger partial charge in [0, 0.05) is 25.1 Å². The Morgan fingerprint density at radius 2 is 2.10 bits per heavy atom. The Morgan fingerprint density at radius 1 is 1.29 bits per heavy atom. The number of hydrogen-bond donors (Lipinski definition) is 1. The summed E-state index contributed by atoms with van der Waals surface area (Å²) in [6.45, 7) is 1.67. The number of hydrogen-bond acceptors (Lipinski definition) is 4. The Morgan fingerprint density at radius 3 is 2.81 bits per heavy atom. The minimum absolute atomic E-state index is 0.0743. The van der Waals surface area contributed by atoms with Gasteiger partial charge in [0.2, 0.25) is 0 Å². The van der Waals surface area contributed by atoms with E-state index < -0.39 is 5.76 Å².